The van der Waals surface area contributed by atoms with Crippen molar-refractivity contribution in [1.29, 1.82) is 0 Å². The molecule has 1 aliphatic rings. The molecule has 0 bridgehead atoms. The lowest BCUT2D eigenvalue weighted by Crippen LogP contribution is -2.48. The summed E-state index contributed by atoms with van der Waals surface area (Å²) in [6, 6.07) is 22.1. The van der Waals surface area contributed by atoms with Gasteiger partial charge in [-0.25, -0.2) is 0 Å². The molecule has 5 heteroatoms. The van der Waals surface area contributed by atoms with E-state index in [1.54, 1.807) is 7.11 Å². The molecule has 0 unspecified atom stereocenters. The number of nitrogens with zero attached hydrogens (tertiary/aromatic N) is 2. The van der Waals surface area contributed by atoms with Crippen LogP contribution < -0.4 is 9.47 Å². The molecule has 0 aliphatic carbocycles. The summed E-state index contributed by atoms with van der Waals surface area (Å²) in [4.78, 5) is 17.5. The lowest BCUT2D eigenvalue weighted by molar-refractivity contribution is 0.0650. The minimum Gasteiger partial charge on any atom is -0.496 e. The second-order valence-electron chi connectivity index (χ2n) is 9.04. The predicted molar refractivity (Wildman–Crippen MR) is 141 cm³/mol. The monoisotopic (exact) mass is 470 g/mol. The van der Waals surface area contributed by atoms with Crippen molar-refractivity contribution >= 4 is 12.0 Å². The first-order chi connectivity index (χ1) is 17.0. The van der Waals surface area contributed by atoms with Crippen molar-refractivity contribution in [3.05, 3.63) is 101 Å². The number of carbonyl (C=O) groups is 1. The van der Waals surface area contributed by atoms with E-state index in [-0.39, 0.29) is 5.91 Å². The molecule has 3 aromatic rings. The number of amides is 1. The first-order valence-corrected chi connectivity index (χ1v) is 12.1. The number of hydrogen-bond acceptors (Lipinski definition) is 4. The van der Waals surface area contributed by atoms with E-state index in [9.17, 15) is 4.79 Å². The molecule has 182 valence electrons. The molecule has 0 atom stereocenters. The molecular formula is C30H34N2O3. The van der Waals surface area contributed by atoms with Crippen molar-refractivity contribution in [2.24, 2.45) is 0 Å². The number of piperazine rings is 1. The fourth-order valence-corrected chi connectivity index (χ4v) is 4.42. The Morgan fingerprint density at radius 3 is 2.31 bits per heavy atom. The van der Waals surface area contributed by atoms with Gasteiger partial charge in [-0.1, -0.05) is 48.6 Å². The van der Waals surface area contributed by atoms with Crippen LogP contribution in [0.3, 0.4) is 0 Å². The zero-order valence-electron chi connectivity index (χ0n) is 20.9. The first kappa shape index (κ1) is 24.6. The standard InChI is InChI=1S/C30H34N2O3/c1-23-18-24(2)20-28(19-23)35-22-27-21-26(11-12-29(27)34-3)30(33)32-16-14-31(15-17-32)13-7-10-25-8-5-4-6-9-25/h4-12,18-21H,13-17,22H2,1-3H3/b10-7+. The highest BCUT2D eigenvalue weighted by molar-refractivity contribution is 5.94. The van der Waals surface area contributed by atoms with E-state index in [0.717, 1.165) is 60.9 Å². The average Bonchev–Trinajstić information content (AvgIpc) is 2.87. The second-order valence-corrected chi connectivity index (χ2v) is 9.04. The summed E-state index contributed by atoms with van der Waals surface area (Å²) in [6.07, 6.45) is 4.34. The molecule has 0 radical (unpaired) electrons. The van der Waals surface area contributed by atoms with Gasteiger partial charge in [0, 0.05) is 43.9 Å². The van der Waals surface area contributed by atoms with Crippen molar-refractivity contribution in [2.75, 3.05) is 39.8 Å². The van der Waals surface area contributed by atoms with Gasteiger partial charge in [-0.15, -0.1) is 0 Å². The highest BCUT2D eigenvalue weighted by Gasteiger charge is 2.22. The van der Waals surface area contributed by atoms with Gasteiger partial charge in [0.25, 0.3) is 5.91 Å². The van der Waals surface area contributed by atoms with Crippen LogP contribution in [0.2, 0.25) is 0 Å². The van der Waals surface area contributed by atoms with Crippen molar-refractivity contribution in [3.63, 3.8) is 0 Å². The summed E-state index contributed by atoms with van der Waals surface area (Å²) < 4.78 is 11.6. The van der Waals surface area contributed by atoms with Crippen LogP contribution in [0.4, 0.5) is 0 Å². The van der Waals surface area contributed by atoms with Gasteiger partial charge in [0.05, 0.1) is 7.11 Å². The molecule has 1 aliphatic heterocycles. The van der Waals surface area contributed by atoms with E-state index < -0.39 is 0 Å². The first-order valence-electron chi connectivity index (χ1n) is 12.1. The van der Waals surface area contributed by atoms with Gasteiger partial charge in [0.1, 0.15) is 18.1 Å². The van der Waals surface area contributed by atoms with E-state index in [1.165, 1.54) is 5.56 Å². The van der Waals surface area contributed by atoms with Crippen LogP contribution in [0.5, 0.6) is 11.5 Å². The lowest BCUT2D eigenvalue weighted by atomic mass is 10.1. The molecular weight excluding hydrogens is 436 g/mol. The van der Waals surface area contributed by atoms with Crippen molar-refractivity contribution in [3.8, 4) is 11.5 Å². The van der Waals surface area contributed by atoms with Crippen LogP contribution in [0.1, 0.15) is 32.6 Å². The second kappa shape index (κ2) is 11.7. The zero-order valence-corrected chi connectivity index (χ0v) is 20.9. The maximum atomic E-state index is 13.2. The number of methoxy groups -OCH3 is 1. The van der Waals surface area contributed by atoms with Gasteiger partial charge in [-0.2, -0.15) is 0 Å². The molecule has 1 heterocycles. The molecule has 1 saturated heterocycles. The third kappa shape index (κ3) is 6.74. The number of benzene rings is 3. The molecule has 1 fully saturated rings. The van der Waals surface area contributed by atoms with Crippen LogP contribution in [0, 0.1) is 13.8 Å². The molecule has 35 heavy (non-hydrogen) atoms. The van der Waals surface area contributed by atoms with Gasteiger partial charge >= 0.3 is 0 Å². The molecule has 3 aromatic carbocycles. The minimum absolute atomic E-state index is 0.0554. The van der Waals surface area contributed by atoms with Crippen molar-refractivity contribution < 1.29 is 14.3 Å². The lowest BCUT2D eigenvalue weighted by Gasteiger charge is -2.34. The van der Waals surface area contributed by atoms with Crippen molar-refractivity contribution in [1.82, 2.24) is 9.80 Å². The summed E-state index contributed by atoms with van der Waals surface area (Å²) in [6.45, 7) is 8.51. The quantitative estimate of drug-likeness (QED) is 0.444. The third-order valence-corrected chi connectivity index (χ3v) is 6.25. The molecule has 0 spiro atoms. The van der Waals surface area contributed by atoms with Gasteiger partial charge in [0.15, 0.2) is 0 Å². The minimum atomic E-state index is 0.0554. The van der Waals surface area contributed by atoms with Gasteiger partial charge in [0.2, 0.25) is 0 Å². The van der Waals surface area contributed by atoms with E-state index in [0.29, 0.717) is 12.2 Å². The molecule has 5 nitrogen and oxygen atoms in total. The van der Waals surface area contributed by atoms with E-state index in [2.05, 4.69) is 49.1 Å². The maximum absolute atomic E-state index is 13.2. The Bertz CT molecular complexity index is 1150. The van der Waals surface area contributed by atoms with Crippen LogP contribution in [0.25, 0.3) is 6.08 Å². The topological polar surface area (TPSA) is 42.0 Å². The molecule has 0 saturated carbocycles. The maximum Gasteiger partial charge on any atom is 0.253 e. The Hall–Kier alpha value is -3.57. The zero-order chi connectivity index (χ0) is 24.6. The molecule has 0 aromatic heterocycles. The molecule has 0 N–H and O–H groups in total. The van der Waals surface area contributed by atoms with Crippen LogP contribution in [-0.2, 0) is 6.61 Å². The Balaban J connectivity index is 1.34. The van der Waals surface area contributed by atoms with E-state index in [4.69, 9.17) is 9.47 Å². The van der Waals surface area contributed by atoms with Gasteiger partial charge < -0.3 is 14.4 Å². The number of carbonyl (C=O) groups excluding carboxylic acids is 1. The molecule has 1 amide bonds. The largest absolute Gasteiger partial charge is 0.496 e. The average molecular weight is 471 g/mol. The SMILES string of the molecule is COc1ccc(C(=O)N2CCN(C/C=C/c3ccccc3)CC2)cc1COc1cc(C)cc(C)c1. The number of aryl methyl sites for hydroxylation is 2. The predicted octanol–water partition coefficient (Wildman–Crippen LogP) is 5.36. The normalized spacial score (nSPS) is 14.3. The van der Waals surface area contributed by atoms with Crippen LogP contribution in [-0.4, -0.2) is 55.5 Å². The number of ether oxygens (including phenoxy) is 2. The summed E-state index contributed by atoms with van der Waals surface area (Å²) in [5.41, 5.74) is 5.05. The highest BCUT2D eigenvalue weighted by Crippen LogP contribution is 2.24. The summed E-state index contributed by atoms with van der Waals surface area (Å²) >= 11 is 0. The van der Waals surface area contributed by atoms with Crippen molar-refractivity contribution in [2.45, 2.75) is 20.5 Å². The number of rotatable bonds is 8. The van der Waals surface area contributed by atoms with Crippen LogP contribution >= 0.6 is 0 Å². The smallest absolute Gasteiger partial charge is 0.253 e. The van der Waals surface area contributed by atoms with E-state index in [1.807, 2.05) is 53.4 Å². The summed E-state index contributed by atoms with van der Waals surface area (Å²) in [7, 11) is 1.64. The fraction of sp³-hybridized carbons (Fsp3) is 0.300. The Morgan fingerprint density at radius 2 is 1.63 bits per heavy atom. The third-order valence-electron chi connectivity index (χ3n) is 6.25. The fourth-order valence-electron chi connectivity index (χ4n) is 4.42. The molecule has 4 rings (SSSR count). The van der Waals surface area contributed by atoms with E-state index >= 15 is 0 Å². The summed E-state index contributed by atoms with van der Waals surface area (Å²) in [5.74, 6) is 1.60. The van der Waals surface area contributed by atoms with Gasteiger partial charge in [-0.05, 0) is 60.9 Å². The Morgan fingerprint density at radius 1 is 0.914 bits per heavy atom. The Kier molecular flexibility index (Phi) is 8.22. The summed E-state index contributed by atoms with van der Waals surface area (Å²) in [5, 5.41) is 0. The Labute approximate surface area is 208 Å². The van der Waals surface area contributed by atoms with Gasteiger partial charge in [-0.3, -0.25) is 9.69 Å². The highest BCUT2D eigenvalue weighted by atomic mass is 16.5. The number of hydrogen-bond donors (Lipinski definition) is 0. The van der Waals surface area contributed by atoms with Crippen LogP contribution in [0.15, 0.2) is 72.8 Å².